The molecule has 0 spiro atoms. The van der Waals surface area contributed by atoms with Gasteiger partial charge < -0.3 is 9.47 Å². The zero-order valence-corrected chi connectivity index (χ0v) is 15.2. The summed E-state index contributed by atoms with van der Waals surface area (Å²) in [6.45, 7) is 1.58. The molecular weight excluding hydrogens is 375 g/mol. The van der Waals surface area contributed by atoms with Crippen LogP contribution in [-0.4, -0.2) is 39.5 Å². The van der Waals surface area contributed by atoms with Crippen molar-refractivity contribution >= 4 is 21.8 Å². The second-order valence-corrected chi connectivity index (χ2v) is 7.38. The summed E-state index contributed by atoms with van der Waals surface area (Å²) < 4.78 is 49.6. The number of fused-ring (bicyclic) bond motifs is 1. The van der Waals surface area contributed by atoms with Crippen LogP contribution in [0.5, 0.6) is 5.75 Å². The molecule has 1 N–H and O–H groups in total. The number of aliphatic imine (C=N–C) groups is 1. The van der Waals surface area contributed by atoms with Gasteiger partial charge in [0.1, 0.15) is 36.7 Å². The summed E-state index contributed by atoms with van der Waals surface area (Å²) in [6, 6.07) is 10.9. The van der Waals surface area contributed by atoms with E-state index in [1.807, 2.05) is 0 Å². The Balaban J connectivity index is 1.55. The van der Waals surface area contributed by atoms with E-state index in [2.05, 4.69) is 9.71 Å². The molecule has 1 aliphatic rings. The number of carbonyl (C=O) groups excluding carboxylic acids is 1. The van der Waals surface area contributed by atoms with Crippen LogP contribution in [0.1, 0.15) is 12.5 Å². The molecule has 1 atom stereocenters. The van der Waals surface area contributed by atoms with E-state index in [4.69, 9.17) is 9.47 Å². The first-order valence-corrected chi connectivity index (χ1v) is 9.60. The molecule has 0 aliphatic carbocycles. The highest BCUT2D eigenvalue weighted by atomic mass is 32.2. The van der Waals surface area contributed by atoms with Crippen LogP contribution >= 0.6 is 0 Å². The monoisotopic (exact) mass is 392 g/mol. The van der Waals surface area contributed by atoms with E-state index in [0.29, 0.717) is 11.3 Å². The molecule has 0 bridgehead atoms. The summed E-state index contributed by atoms with van der Waals surface area (Å²) in [4.78, 5) is 16.3. The minimum atomic E-state index is -3.66. The van der Waals surface area contributed by atoms with Crippen molar-refractivity contribution in [2.45, 2.75) is 17.9 Å². The predicted octanol–water partition coefficient (Wildman–Crippen LogP) is 1.87. The summed E-state index contributed by atoms with van der Waals surface area (Å²) in [7, 11) is -3.66. The van der Waals surface area contributed by atoms with Crippen LogP contribution in [0.3, 0.4) is 0 Å². The highest BCUT2D eigenvalue weighted by Gasteiger charge is 2.31. The van der Waals surface area contributed by atoms with Crippen LogP contribution in [0.15, 0.2) is 58.4 Å². The minimum Gasteiger partial charge on any atom is -0.490 e. The van der Waals surface area contributed by atoms with Crippen molar-refractivity contribution in [1.29, 1.82) is 0 Å². The normalized spacial score (nSPS) is 17.0. The molecule has 1 heterocycles. The topological polar surface area (TPSA) is 94.1 Å². The van der Waals surface area contributed by atoms with Crippen molar-refractivity contribution in [1.82, 2.24) is 4.72 Å². The largest absolute Gasteiger partial charge is 0.490 e. The number of carbonyl (C=O) groups is 1. The van der Waals surface area contributed by atoms with Gasteiger partial charge in [0.25, 0.3) is 10.0 Å². The van der Waals surface area contributed by atoms with E-state index >= 15 is 0 Å². The highest BCUT2D eigenvalue weighted by Crippen LogP contribution is 2.22. The van der Waals surface area contributed by atoms with Gasteiger partial charge >= 0.3 is 5.97 Å². The Morgan fingerprint density at radius 3 is 2.59 bits per heavy atom. The fourth-order valence-electron chi connectivity index (χ4n) is 2.43. The quantitative estimate of drug-likeness (QED) is 0.598. The molecule has 142 valence electrons. The first-order valence-electron chi connectivity index (χ1n) is 8.12. The Bertz CT molecular complexity index is 974. The molecule has 3 rings (SSSR count). The molecule has 2 aromatic carbocycles. The third-order valence-electron chi connectivity index (χ3n) is 3.74. The Labute approximate surface area is 155 Å². The number of rotatable bonds is 6. The number of nitrogens with zero attached hydrogens (tertiary/aromatic N) is 1. The molecule has 0 saturated heterocycles. The van der Waals surface area contributed by atoms with E-state index in [1.54, 1.807) is 18.2 Å². The average Bonchev–Trinajstić information content (AvgIpc) is 2.90. The molecule has 7 nitrogen and oxygen atoms in total. The van der Waals surface area contributed by atoms with Gasteiger partial charge in [0.05, 0.1) is 4.90 Å². The van der Waals surface area contributed by atoms with Crippen molar-refractivity contribution in [3.63, 3.8) is 0 Å². The lowest BCUT2D eigenvalue weighted by Gasteiger charge is -2.10. The predicted molar refractivity (Wildman–Crippen MR) is 95.6 cm³/mol. The maximum atomic E-state index is 12.8. The molecule has 0 fully saturated rings. The molecule has 0 amide bonds. The third kappa shape index (κ3) is 4.43. The standard InChI is InChI=1S/C18H17FN2O5S/c1-12(18(22)26-11-10-25-14-8-6-13(19)7-9-14)20-17-15-4-2-3-5-16(15)27(23,24)21-17/h2-9,12H,10-11H2,1H3,(H,20,21)/t12-/m0/s1. The number of benzene rings is 2. The van der Waals surface area contributed by atoms with Gasteiger partial charge in [0.2, 0.25) is 0 Å². The lowest BCUT2D eigenvalue weighted by atomic mass is 10.2. The molecule has 1 aliphatic heterocycles. The van der Waals surface area contributed by atoms with Gasteiger partial charge in [-0.3, -0.25) is 9.71 Å². The van der Waals surface area contributed by atoms with Crippen molar-refractivity contribution in [2.24, 2.45) is 4.99 Å². The van der Waals surface area contributed by atoms with Gasteiger partial charge in [-0.2, -0.15) is 0 Å². The Morgan fingerprint density at radius 2 is 1.85 bits per heavy atom. The van der Waals surface area contributed by atoms with Crippen LogP contribution < -0.4 is 9.46 Å². The van der Waals surface area contributed by atoms with Crippen molar-refractivity contribution in [2.75, 3.05) is 13.2 Å². The fourth-order valence-corrected chi connectivity index (χ4v) is 3.67. The number of hydrogen-bond donors (Lipinski definition) is 1. The van der Waals surface area contributed by atoms with Crippen LogP contribution in [0.4, 0.5) is 4.39 Å². The van der Waals surface area contributed by atoms with Gasteiger partial charge in [-0.15, -0.1) is 0 Å². The molecule has 9 heteroatoms. The van der Waals surface area contributed by atoms with E-state index in [-0.39, 0.29) is 29.8 Å². The van der Waals surface area contributed by atoms with Crippen LogP contribution in [0.2, 0.25) is 0 Å². The maximum absolute atomic E-state index is 12.8. The Morgan fingerprint density at radius 1 is 1.15 bits per heavy atom. The lowest BCUT2D eigenvalue weighted by Crippen LogP contribution is -2.27. The van der Waals surface area contributed by atoms with Gasteiger partial charge in [-0.1, -0.05) is 12.1 Å². The summed E-state index contributed by atoms with van der Waals surface area (Å²) in [5.41, 5.74) is 0.414. The van der Waals surface area contributed by atoms with Gasteiger partial charge in [0, 0.05) is 5.56 Å². The molecule has 2 aromatic rings. The van der Waals surface area contributed by atoms with Gasteiger partial charge in [-0.25, -0.2) is 17.6 Å². The SMILES string of the molecule is C[C@H](N=C1NS(=O)(=O)c2ccccc21)C(=O)OCCOc1ccc(F)cc1. The molecule has 0 aromatic heterocycles. The van der Waals surface area contributed by atoms with E-state index < -0.39 is 22.0 Å². The average molecular weight is 392 g/mol. The van der Waals surface area contributed by atoms with E-state index in [0.717, 1.165) is 0 Å². The number of halogens is 1. The van der Waals surface area contributed by atoms with Crippen molar-refractivity contribution in [3.8, 4) is 5.75 Å². The number of nitrogens with one attached hydrogen (secondary N) is 1. The van der Waals surface area contributed by atoms with Crippen molar-refractivity contribution < 1.29 is 27.1 Å². The number of sulfonamides is 1. The molecule has 27 heavy (non-hydrogen) atoms. The first kappa shape index (κ1) is 18.8. The number of hydrogen-bond acceptors (Lipinski definition) is 6. The molecule has 0 unspecified atom stereocenters. The van der Waals surface area contributed by atoms with E-state index in [1.165, 1.54) is 37.3 Å². The number of amidine groups is 1. The lowest BCUT2D eigenvalue weighted by molar-refractivity contribution is -0.145. The zero-order valence-electron chi connectivity index (χ0n) is 14.4. The second-order valence-electron chi connectivity index (χ2n) is 5.73. The summed E-state index contributed by atoms with van der Waals surface area (Å²) >= 11 is 0. The summed E-state index contributed by atoms with van der Waals surface area (Å²) in [5.74, 6) is -0.421. The Hall–Kier alpha value is -2.94. The summed E-state index contributed by atoms with van der Waals surface area (Å²) in [5, 5.41) is 0. The maximum Gasteiger partial charge on any atom is 0.330 e. The Kier molecular flexibility index (Phi) is 5.41. The first-order chi connectivity index (χ1) is 12.9. The molecular formula is C18H17FN2O5S. The van der Waals surface area contributed by atoms with Crippen LogP contribution in [-0.2, 0) is 19.6 Å². The smallest absolute Gasteiger partial charge is 0.330 e. The van der Waals surface area contributed by atoms with Gasteiger partial charge in [0.15, 0.2) is 0 Å². The van der Waals surface area contributed by atoms with Crippen molar-refractivity contribution in [3.05, 3.63) is 59.9 Å². The summed E-state index contributed by atoms with van der Waals surface area (Å²) in [6.07, 6.45) is 0. The highest BCUT2D eigenvalue weighted by molar-refractivity contribution is 7.90. The van der Waals surface area contributed by atoms with Gasteiger partial charge in [-0.05, 0) is 43.3 Å². The zero-order chi connectivity index (χ0) is 19.4. The number of esters is 1. The second kappa shape index (κ2) is 7.75. The molecule has 0 radical (unpaired) electrons. The van der Waals surface area contributed by atoms with E-state index in [9.17, 15) is 17.6 Å². The third-order valence-corrected chi connectivity index (χ3v) is 5.13. The fraction of sp³-hybridized carbons (Fsp3) is 0.222. The van der Waals surface area contributed by atoms with Crippen LogP contribution in [0.25, 0.3) is 0 Å². The minimum absolute atomic E-state index is 0.0201. The molecule has 0 saturated carbocycles. The number of ether oxygens (including phenoxy) is 2. The van der Waals surface area contributed by atoms with Crippen LogP contribution in [0, 0.1) is 5.82 Å².